The molecule has 0 saturated heterocycles. The summed E-state index contributed by atoms with van der Waals surface area (Å²) >= 11 is 0. The second-order valence-corrected chi connectivity index (χ2v) is 5.40. The van der Waals surface area contributed by atoms with Gasteiger partial charge in [-0.25, -0.2) is 4.79 Å². The molecule has 0 radical (unpaired) electrons. The van der Waals surface area contributed by atoms with Crippen molar-refractivity contribution in [2.24, 2.45) is 5.73 Å². The number of nitrogens with zero attached hydrogens (tertiary/aromatic N) is 1. The van der Waals surface area contributed by atoms with Crippen molar-refractivity contribution in [3.63, 3.8) is 0 Å². The number of aryl methyl sites for hydroxylation is 1. The molecule has 21 heavy (non-hydrogen) atoms. The molecule has 1 amide bonds. The minimum atomic E-state index is -0.199. The van der Waals surface area contributed by atoms with Crippen LogP contribution in [0, 0.1) is 0 Å². The quantitative estimate of drug-likeness (QED) is 0.740. The summed E-state index contributed by atoms with van der Waals surface area (Å²) < 4.78 is 0. The molecule has 6 nitrogen and oxygen atoms in total. The van der Waals surface area contributed by atoms with Crippen molar-refractivity contribution in [1.29, 1.82) is 0 Å². The number of fused-ring (bicyclic) bond motifs is 1. The van der Waals surface area contributed by atoms with E-state index in [9.17, 15) is 9.59 Å². The third kappa shape index (κ3) is 3.72. The van der Waals surface area contributed by atoms with Crippen molar-refractivity contribution in [3.05, 3.63) is 34.2 Å². The van der Waals surface area contributed by atoms with Crippen molar-refractivity contribution in [1.82, 2.24) is 14.9 Å². The number of rotatable bonds is 6. The van der Waals surface area contributed by atoms with Gasteiger partial charge in [-0.3, -0.25) is 4.79 Å². The monoisotopic (exact) mass is 290 g/mol. The van der Waals surface area contributed by atoms with Crippen LogP contribution in [0.5, 0.6) is 0 Å². The van der Waals surface area contributed by atoms with Crippen LogP contribution >= 0.6 is 0 Å². The van der Waals surface area contributed by atoms with Crippen LogP contribution in [0.2, 0.25) is 0 Å². The number of imidazole rings is 1. The van der Waals surface area contributed by atoms with Crippen LogP contribution in [-0.4, -0.2) is 40.4 Å². The first-order valence-electron chi connectivity index (χ1n) is 7.18. The number of hydrogen-bond acceptors (Lipinski definition) is 3. The molecule has 6 heteroatoms. The zero-order valence-electron chi connectivity index (χ0n) is 12.5. The number of likely N-dealkylation sites (N-methyl/N-ethyl adjacent to an activating group) is 1. The van der Waals surface area contributed by atoms with E-state index in [0.29, 0.717) is 13.0 Å². The average Bonchev–Trinajstić information content (AvgIpc) is 2.84. The predicted molar refractivity (Wildman–Crippen MR) is 83.1 cm³/mol. The van der Waals surface area contributed by atoms with Crippen LogP contribution in [0.1, 0.15) is 25.3 Å². The lowest BCUT2D eigenvalue weighted by Gasteiger charge is -2.23. The van der Waals surface area contributed by atoms with E-state index in [0.717, 1.165) is 29.4 Å². The fourth-order valence-corrected chi connectivity index (χ4v) is 2.26. The van der Waals surface area contributed by atoms with Gasteiger partial charge in [-0.05, 0) is 37.5 Å². The van der Waals surface area contributed by atoms with Gasteiger partial charge in [0.05, 0.1) is 11.0 Å². The molecular formula is C15H22N4O2. The van der Waals surface area contributed by atoms with Crippen LogP contribution in [0.3, 0.4) is 0 Å². The smallest absolute Gasteiger partial charge is 0.323 e. The molecule has 2 rings (SSSR count). The van der Waals surface area contributed by atoms with Crippen molar-refractivity contribution < 1.29 is 4.79 Å². The van der Waals surface area contributed by atoms with Crippen molar-refractivity contribution in [3.8, 4) is 0 Å². The average molecular weight is 290 g/mol. The minimum absolute atomic E-state index is 0.0683. The summed E-state index contributed by atoms with van der Waals surface area (Å²) in [5.74, 6) is 0.115. The molecular weight excluding hydrogens is 268 g/mol. The van der Waals surface area contributed by atoms with E-state index in [1.165, 1.54) is 0 Å². The van der Waals surface area contributed by atoms with Crippen molar-refractivity contribution in [2.45, 2.75) is 32.2 Å². The maximum absolute atomic E-state index is 12.0. The van der Waals surface area contributed by atoms with Gasteiger partial charge in [0, 0.05) is 26.1 Å². The van der Waals surface area contributed by atoms with Crippen LogP contribution < -0.4 is 11.4 Å². The lowest BCUT2D eigenvalue weighted by atomic mass is 10.1. The first-order chi connectivity index (χ1) is 10.0. The van der Waals surface area contributed by atoms with Crippen LogP contribution in [-0.2, 0) is 11.2 Å². The SMILES string of the molecule is CC(CN)N(C)C(=O)CCCc1ccc2[nH]c(=O)[nH]c2c1. The summed E-state index contributed by atoms with van der Waals surface area (Å²) in [5.41, 5.74) is 8.08. The van der Waals surface area contributed by atoms with Crippen molar-refractivity contribution in [2.75, 3.05) is 13.6 Å². The molecule has 0 aliphatic rings. The predicted octanol–water partition coefficient (Wildman–Crippen LogP) is 0.984. The standard InChI is InChI=1S/C15H22N4O2/c1-10(9-16)19(2)14(20)5-3-4-11-6-7-12-13(8-11)18-15(21)17-12/h6-8,10H,3-5,9,16H2,1-2H3,(H2,17,18,21). The lowest BCUT2D eigenvalue weighted by Crippen LogP contribution is -2.39. The molecule has 1 aromatic carbocycles. The number of carbonyl (C=O) groups excluding carboxylic acids is 1. The molecule has 1 unspecified atom stereocenters. The van der Waals surface area contributed by atoms with Gasteiger partial charge in [-0.2, -0.15) is 0 Å². The Morgan fingerprint density at radius 3 is 2.76 bits per heavy atom. The van der Waals surface area contributed by atoms with Gasteiger partial charge in [0.1, 0.15) is 0 Å². The van der Waals surface area contributed by atoms with Crippen LogP contribution in [0.15, 0.2) is 23.0 Å². The molecule has 0 fully saturated rings. The Morgan fingerprint density at radius 2 is 2.05 bits per heavy atom. The molecule has 114 valence electrons. The second-order valence-electron chi connectivity index (χ2n) is 5.40. The summed E-state index contributed by atoms with van der Waals surface area (Å²) in [6.45, 7) is 2.41. The van der Waals surface area contributed by atoms with Gasteiger partial charge in [0.25, 0.3) is 0 Å². The molecule has 0 saturated carbocycles. The zero-order valence-corrected chi connectivity index (χ0v) is 12.5. The molecule has 1 heterocycles. The highest BCUT2D eigenvalue weighted by Gasteiger charge is 2.13. The number of carbonyl (C=O) groups is 1. The minimum Gasteiger partial charge on any atom is -0.342 e. The summed E-state index contributed by atoms with van der Waals surface area (Å²) in [5, 5.41) is 0. The molecule has 1 aromatic heterocycles. The summed E-state index contributed by atoms with van der Waals surface area (Å²) in [4.78, 5) is 30.3. The number of nitrogens with two attached hydrogens (primary N) is 1. The van der Waals surface area contributed by atoms with E-state index < -0.39 is 0 Å². The number of nitrogens with one attached hydrogen (secondary N) is 2. The Bertz CT molecular complexity index is 674. The normalized spacial score (nSPS) is 12.5. The molecule has 0 bridgehead atoms. The van der Waals surface area contributed by atoms with Gasteiger partial charge >= 0.3 is 5.69 Å². The Hall–Kier alpha value is -2.08. The number of amides is 1. The molecule has 4 N–H and O–H groups in total. The topological polar surface area (TPSA) is 95.0 Å². The largest absolute Gasteiger partial charge is 0.342 e. The van der Waals surface area contributed by atoms with Gasteiger partial charge in [-0.15, -0.1) is 0 Å². The van der Waals surface area contributed by atoms with E-state index in [2.05, 4.69) is 9.97 Å². The highest BCUT2D eigenvalue weighted by atomic mass is 16.2. The van der Waals surface area contributed by atoms with Gasteiger partial charge in [0.15, 0.2) is 0 Å². The number of aromatic nitrogens is 2. The van der Waals surface area contributed by atoms with Crippen LogP contribution in [0.4, 0.5) is 0 Å². The number of hydrogen-bond donors (Lipinski definition) is 3. The highest BCUT2D eigenvalue weighted by molar-refractivity contribution is 5.76. The zero-order chi connectivity index (χ0) is 15.4. The molecule has 2 aromatic rings. The first-order valence-corrected chi connectivity index (χ1v) is 7.18. The number of benzene rings is 1. The van der Waals surface area contributed by atoms with E-state index in [1.807, 2.05) is 25.1 Å². The fraction of sp³-hybridized carbons (Fsp3) is 0.467. The Morgan fingerprint density at radius 1 is 1.33 bits per heavy atom. The molecule has 0 aliphatic heterocycles. The number of H-pyrrole nitrogens is 2. The summed E-state index contributed by atoms with van der Waals surface area (Å²) in [7, 11) is 1.79. The first kappa shape index (κ1) is 15.3. The fourth-order valence-electron chi connectivity index (χ4n) is 2.26. The van der Waals surface area contributed by atoms with Gasteiger partial charge in [0.2, 0.25) is 5.91 Å². The van der Waals surface area contributed by atoms with Crippen molar-refractivity contribution >= 4 is 16.9 Å². The van der Waals surface area contributed by atoms with E-state index >= 15 is 0 Å². The second kappa shape index (κ2) is 6.58. The van der Waals surface area contributed by atoms with Gasteiger partial charge < -0.3 is 20.6 Å². The third-order valence-corrected chi connectivity index (χ3v) is 3.83. The van der Waals surface area contributed by atoms with E-state index in [-0.39, 0.29) is 17.6 Å². The Kier molecular flexibility index (Phi) is 4.80. The third-order valence-electron chi connectivity index (χ3n) is 3.83. The molecule has 1 atom stereocenters. The maximum atomic E-state index is 12.0. The number of aromatic amines is 2. The van der Waals surface area contributed by atoms with E-state index in [4.69, 9.17) is 5.73 Å². The van der Waals surface area contributed by atoms with Gasteiger partial charge in [-0.1, -0.05) is 6.07 Å². The summed E-state index contributed by atoms with van der Waals surface area (Å²) in [6.07, 6.45) is 2.09. The molecule has 0 aliphatic carbocycles. The van der Waals surface area contributed by atoms with Crippen LogP contribution in [0.25, 0.3) is 11.0 Å². The Labute approximate surface area is 123 Å². The summed E-state index contributed by atoms with van der Waals surface area (Å²) in [6, 6.07) is 5.87. The highest BCUT2D eigenvalue weighted by Crippen LogP contribution is 2.13. The Balaban J connectivity index is 1.90. The molecule has 0 spiro atoms. The maximum Gasteiger partial charge on any atom is 0.323 e. The lowest BCUT2D eigenvalue weighted by molar-refractivity contribution is -0.131. The van der Waals surface area contributed by atoms with E-state index in [1.54, 1.807) is 11.9 Å².